The SMILES string of the molecule is CCOCCCNCCN1CCOc2ccccc2C1. The molecule has 1 aliphatic rings. The van der Waals surface area contributed by atoms with Gasteiger partial charge in [0.05, 0.1) is 0 Å². The maximum Gasteiger partial charge on any atom is 0.123 e. The summed E-state index contributed by atoms with van der Waals surface area (Å²) in [4.78, 5) is 2.45. The lowest BCUT2D eigenvalue weighted by Gasteiger charge is -2.19. The Labute approximate surface area is 122 Å². The lowest BCUT2D eigenvalue weighted by molar-refractivity contribution is 0.144. The molecule has 0 amide bonds. The third-order valence-electron chi connectivity index (χ3n) is 3.48. The van der Waals surface area contributed by atoms with Crippen LogP contribution in [0.25, 0.3) is 0 Å². The number of para-hydroxylation sites is 1. The van der Waals surface area contributed by atoms with Crippen molar-refractivity contribution in [3.05, 3.63) is 29.8 Å². The highest BCUT2D eigenvalue weighted by Gasteiger charge is 2.13. The van der Waals surface area contributed by atoms with Gasteiger partial charge in [0.25, 0.3) is 0 Å². The summed E-state index contributed by atoms with van der Waals surface area (Å²) >= 11 is 0. The van der Waals surface area contributed by atoms with Crippen LogP contribution in [0.4, 0.5) is 0 Å². The fourth-order valence-electron chi connectivity index (χ4n) is 2.38. The third-order valence-corrected chi connectivity index (χ3v) is 3.48. The van der Waals surface area contributed by atoms with Crippen LogP contribution in [0.2, 0.25) is 0 Å². The second-order valence-corrected chi connectivity index (χ2v) is 5.03. The zero-order valence-corrected chi connectivity index (χ0v) is 12.4. The van der Waals surface area contributed by atoms with Crippen LogP contribution in [0.5, 0.6) is 5.75 Å². The van der Waals surface area contributed by atoms with Gasteiger partial charge in [0.15, 0.2) is 0 Å². The van der Waals surface area contributed by atoms with Crippen molar-refractivity contribution in [3.8, 4) is 5.75 Å². The maximum atomic E-state index is 5.77. The number of nitrogens with one attached hydrogen (secondary N) is 1. The van der Waals surface area contributed by atoms with Gasteiger partial charge in [-0.05, 0) is 26.0 Å². The summed E-state index contributed by atoms with van der Waals surface area (Å²) in [5, 5.41) is 3.47. The standard InChI is InChI=1S/C16H26N2O2/c1-2-19-12-5-8-17-9-10-18-11-13-20-16-7-4-3-6-15(16)14-18/h3-4,6-7,17H,2,5,8-14H2,1H3. The van der Waals surface area contributed by atoms with E-state index < -0.39 is 0 Å². The predicted molar refractivity (Wildman–Crippen MR) is 81.2 cm³/mol. The molecule has 1 aromatic rings. The van der Waals surface area contributed by atoms with Gasteiger partial charge in [0.1, 0.15) is 12.4 Å². The monoisotopic (exact) mass is 278 g/mol. The first kappa shape index (κ1) is 15.3. The number of fused-ring (bicyclic) bond motifs is 1. The van der Waals surface area contributed by atoms with E-state index in [0.29, 0.717) is 0 Å². The minimum absolute atomic E-state index is 0.779. The molecule has 4 nitrogen and oxygen atoms in total. The van der Waals surface area contributed by atoms with Crippen LogP contribution >= 0.6 is 0 Å². The first-order valence-corrected chi connectivity index (χ1v) is 7.61. The summed E-state index contributed by atoms with van der Waals surface area (Å²) in [6, 6.07) is 8.33. The average Bonchev–Trinajstić information content (AvgIpc) is 2.68. The molecule has 20 heavy (non-hydrogen) atoms. The molecule has 1 aromatic carbocycles. The molecule has 0 aromatic heterocycles. The summed E-state index contributed by atoms with van der Waals surface area (Å²) in [6.07, 6.45) is 1.08. The van der Waals surface area contributed by atoms with Crippen LogP contribution < -0.4 is 10.1 Å². The molecule has 112 valence electrons. The van der Waals surface area contributed by atoms with E-state index in [1.54, 1.807) is 0 Å². The first-order valence-electron chi connectivity index (χ1n) is 7.61. The molecule has 0 aliphatic carbocycles. The highest BCUT2D eigenvalue weighted by molar-refractivity contribution is 5.33. The molecule has 0 bridgehead atoms. The molecule has 0 fully saturated rings. The van der Waals surface area contributed by atoms with E-state index in [-0.39, 0.29) is 0 Å². The second-order valence-electron chi connectivity index (χ2n) is 5.03. The molecule has 0 saturated heterocycles. The van der Waals surface area contributed by atoms with Gasteiger partial charge in [-0.2, -0.15) is 0 Å². The van der Waals surface area contributed by atoms with Gasteiger partial charge in [-0.3, -0.25) is 4.90 Å². The lowest BCUT2D eigenvalue weighted by Crippen LogP contribution is -2.33. The molecule has 1 heterocycles. The zero-order valence-electron chi connectivity index (χ0n) is 12.4. The highest BCUT2D eigenvalue weighted by atomic mass is 16.5. The van der Waals surface area contributed by atoms with E-state index in [9.17, 15) is 0 Å². The van der Waals surface area contributed by atoms with Crippen LogP contribution in [0, 0.1) is 0 Å². The molecular formula is C16H26N2O2. The van der Waals surface area contributed by atoms with Crippen molar-refractivity contribution in [2.75, 3.05) is 46.0 Å². The molecule has 4 heteroatoms. The van der Waals surface area contributed by atoms with Gasteiger partial charge in [-0.15, -0.1) is 0 Å². The molecule has 1 aliphatic heterocycles. The number of rotatable bonds is 8. The third kappa shape index (κ3) is 5.12. The Hall–Kier alpha value is -1.10. The molecule has 1 N–H and O–H groups in total. The number of ether oxygens (including phenoxy) is 2. The lowest BCUT2D eigenvalue weighted by atomic mass is 10.2. The van der Waals surface area contributed by atoms with Crippen LogP contribution in [0.15, 0.2) is 24.3 Å². The Morgan fingerprint density at radius 1 is 1.30 bits per heavy atom. The number of benzene rings is 1. The Morgan fingerprint density at radius 2 is 2.20 bits per heavy atom. The molecule has 2 rings (SSSR count). The van der Waals surface area contributed by atoms with Gasteiger partial charge in [0.2, 0.25) is 0 Å². The van der Waals surface area contributed by atoms with Crippen LogP contribution in [0.3, 0.4) is 0 Å². The fraction of sp³-hybridized carbons (Fsp3) is 0.625. The summed E-state index contributed by atoms with van der Waals surface area (Å²) in [6.45, 7) is 9.57. The molecular weight excluding hydrogens is 252 g/mol. The van der Waals surface area contributed by atoms with E-state index in [4.69, 9.17) is 9.47 Å². The van der Waals surface area contributed by atoms with Gasteiger partial charge in [0, 0.05) is 45.0 Å². The van der Waals surface area contributed by atoms with Crippen molar-refractivity contribution in [1.82, 2.24) is 10.2 Å². The highest BCUT2D eigenvalue weighted by Crippen LogP contribution is 2.21. The van der Waals surface area contributed by atoms with Gasteiger partial charge < -0.3 is 14.8 Å². The molecule has 0 unspecified atom stereocenters. The Morgan fingerprint density at radius 3 is 3.10 bits per heavy atom. The fourth-order valence-corrected chi connectivity index (χ4v) is 2.38. The number of hydrogen-bond donors (Lipinski definition) is 1. The van der Waals surface area contributed by atoms with Crippen LogP contribution in [0.1, 0.15) is 18.9 Å². The smallest absolute Gasteiger partial charge is 0.123 e. The van der Waals surface area contributed by atoms with E-state index in [1.165, 1.54) is 5.56 Å². The minimum Gasteiger partial charge on any atom is -0.492 e. The Kier molecular flexibility index (Phi) is 6.84. The maximum absolute atomic E-state index is 5.77. The summed E-state index contributed by atoms with van der Waals surface area (Å²) in [7, 11) is 0. The molecule has 0 spiro atoms. The Bertz CT molecular complexity index is 384. The van der Waals surface area contributed by atoms with Crippen molar-refractivity contribution >= 4 is 0 Å². The Balaban J connectivity index is 1.64. The summed E-state index contributed by atoms with van der Waals surface area (Å²) < 4.78 is 11.1. The molecule has 0 atom stereocenters. The largest absolute Gasteiger partial charge is 0.492 e. The first-order chi connectivity index (χ1) is 9.90. The topological polar surface area (TPSA) is 33.7 Å². The van der Waals surface area contributed by atoms with E-state index in [1.807, 2.05) is 13.0 Å². The molecule has 0 radical (unpaired) electrons. The summed E-state index contributed by atoms with van der Waals surface area (Å²) in [5.41, 5.74) is 1.29. The normalized spacial score (nSPS) is 15.4. The van der Waals surface area contributed by atoms with Crippen LogP contribution in [-0.4, -0.2) is 50.9 Å². The van der Waals surface area contributed by atoms with E-state index in [2.05, 4.69) is 28.4 Å². The molecule has 0 saturated carbocycles. The second kappa shape index (κ2) is 8.95. The van der Waals surface area contributed by atoms with E-state index in [0.717, 1.165) is 64.7 Å². The van der Waals surface area contributed by atoms with Gasteiger partial charge >= 0.3 is 0 Å². The van der Waals surface area contributed by atoms with Gasteiger partial charge in [-0.1, -0.05) is 18.2 Å². The zero-order chi connectivity index (χ0) is 14.0. The summed E-state index contributed by atoms with van der Waals surface area (Å²) in [5.74, 6) is 1.04. The average molecular weight is 278 g/mol. The van der Waals surface area contributed by atoms with Crippen molar-refractivity contribution < 1.29 is 9.47 Å². The van der Waals surface area contributed by atoms with Crippen molar-refractivity contribution in [3.63, 3.8) is 0 Å². The van der Waals surface area contributed by atoms with Gasteiger partial charge in [-0.25, -0.2) is 0 Å². The minimum atomic E-state index is 0.779. The number of nitrogens with zero attached hydrogens (tertiary/aromatic N) is 1. The van der Waals surface area contributed by atoms with Crippen molar-refractivity contribution in [2.24, 2.45) is 0 Å². The van der Waals surface area contributed by atoms with Crippen molar-refractivity contribution in [1.29, 1.82) is 0 Å². The van der Waals surface area contributed by atoms with Crippen molar-refractivity contribution in [2.45, 2.75) is 19.9 Å². The van der Waals surface area contributed by atoms with E-state index >= 15 is 0 Å². The predicted octanol–water partition coefficient (Wildman–Crippen LogP) is 1.90. The van der Waals surface area contributed by atoms with Crippen LogP contribution in [-0.2, 0) is 11.3 Å². The quantitative estimate of drug-likeness (QED) is 0.736. The number of hydrogen-bond acceptors (Lipinski definition) is 4.